The molecule has 152 valence electrons. The molecule has 6 heteroatoms. The molecule has 1 amide bonds. The summed E-state index contributed by atoms with van der Waals surface area (Å²) in [6.07, 6.45) is 3.98. The van der Waals surface area contributed by atoms with Gasteiger partial charge in [0.05, 0.1) is 23.1 Å². The van der Waals surface area contributed by atoms with Crippen molar-refractivity contribution in [3.05, 3.63) is 47.3 Å². The maximum atomic E-state index is 13.4. The van der Waals surface area contributed by atoms with Gasteiger partial charge in [0.15, 0.2) is 0 Å². The average Bonchev–Trinajstić information content (AvgIpc) is 3.25. The zero-order chi connectivity index (χ0) is 19.0. The van der Waals surface area contributed by atoms with Crippen molar-refractivity contribution < 1.29 is 4.79 Å². The van der Waals surface area contributed by atoms with Gasteiger partial charge in [-0.2, -0.15) is 5.10 Å². The predicted octanol–water partition coefficient (Wildman–Crippen LogP) is 3.80. The number of carbonyl (C=O) groups excluding carboxylic acids is 1. The second-order valence-corrected chi connectivity index (χ2v) is 8.39. The summed E-state index contributed by atoms with van der Waals surface area (Å²) in [7, 11) is 0. The van der Waals surface area contributed by atoms with Crippen LogP contribution in [0.2, 0.25) is 0 Å². The first-order valence-electron chi connectivity index (χ1n) is 10.2. The number of benzene rings is 1. The fourth-order valence-corrected chi connectivity index (χ4v) is 4.56. The van der Waals surface area contributed by atoms with Gasteiger partial charge >= 0.3 is 0 Å². The molecule has 2 atom stereocenters. The summed E-state index contributed by atoms with van der Waals surface area (Å²) in [5.74, 6) is 1.82. The number of nitrogens with zero attached hydrogens (tertiary/aromatic N) is 3. The molecular formula is C22H31ClN4O. The van der Waals surface area contributed by atoms with Gasteiger partial charge in [0.25, 0.3) is 5.91 Å². The van der Waals surface area contributed by atoms with Gasteiger partial charge in [-0.15, -0.1) is 12.4 Å². The van der Waals surface area contributed by atoms with Gasteiger partial charge in [-0.05, 0) is 62.7 Å². The molecule has 0 saturated carbocycles. The van der Waals surface area contributed by atoms with E-state index in [1.165, 1.54) is 5.56 Å². The number of aromatic nitrogens is 2. The fourth-order valence-electron chi connectivity index (χ4n) is 4.56. The van der Waals surface area contributed by atoms with Crippen molar-refractivity contribution in [2.45, 2.75) is 39.5 Å². The summed E-state index contributed by atoms with van der Waals surface area (Å²) >= 11 is 0. The van der Waals surface area contributed by atoms with Gasteiger partial charge in [-0.1, -0.05) is 31.5 Å². The summed E-state index contributed by atoms with van der Waals surface area (Å²) < 4.78 is 1.94. The van der Waals surface area contributed by atoms with E-state index in [1.807, 2.05) is 4.68 Å². The van der Waals surface area contributed by atoms with E-state index in [4.69, 9.17) is 0 Å². The van der Waals surface area contributed by atoms with Crippen LogP contribution in [-0.2, 0) is 0 Å². The molecule has 1 aromatic heterocycles. The first-order valence-corrected chi connectivity index (χ1v) is 10.2. The smallest absolute Gasteiger partial charge is 0.257 e. The molecule has 0 unspecified atom stereocenters. The monoisotopic (exact) mass is 402 g/mol. The molecule has 0 radical (unpaired) electrons. The number of fused-ring (bicyclic) bond motifs is 1. The van der Waals surface area contributed by atoms with Gasteiger partial charge < -0.3 is 10.2 Å². The van der Waals surface area contributed by atoms with Crippen LogP contribution in [0.1, 0.15) is 54.2 Å². The Labute approximate surface area is 173 Å². The SMILES string of the molecule is Cc1ccc(-n2ncc(C(=O)N3CC[C@@H]4CNC[C@@H]4CC3)c2C(C)C)cc1.Cl. The zero-order valence-corrected chi connectivity index (χ0v) is 17.8. The number of hydrogen-bond acceptors (Lipinski definition) is 3. The lowest BCUT2D eigenvalue weighted by atomic mass is 9.92. The molecule has 1 N–H and O–H groups in total. The second-order valence-electron chi connectivity index (χ2n) is 8.39. The third-order valence-corrected chi connectivity index (χ3v) is 6.17. The Morgan fingerprint density at radius 2 is 1.71 bits per heavy atom. The summed E-state index contributed by atoms with van der Waals surface area (Å²) in [6.45, 7) is 10.3. The van der Waals surface area contributed by atoms with Crippen LogP contribution in [-0.4, -0.2) is 46.8 Å². The largest absolute Gasteiger partial charge is 0.339 e. The van der Waals surface area contributed by atoms with E-state index in [9.17, 15) is 4.79 Å². The minimum atomic E-state index is 0. The van der Waals surface area contributed by atoms with Gasteiger partial charge in [0.1, 0.15) is 0 Å². The van der Waals surface area contributed by atoms with Crippen molar-refractivity contribution in [2.24, 2.45) is 11.8 Å². The quantitative estimate of drug-likeness (QED) is 0.849. The highest BCUT2D eigenvalue weighted by atomic mass is 35.5. The van der Waals surface area contributed by atoms with E-state index in [0.717, 1.165) is 67.8 Å². The lowest BCUT2D eigenvalue weighted by Crippen LogP contribution is -2.33. The Kier molecular flexibility index (Phi) is 6.46. The minimum absolute atomic E-state index is 0. The van der Waals surface area contributed by atoms with Crippen molar-refractivity contribution in [2.75, 3.05) is 26.2 Å². The summed E-state index contributed by atoms with van der Waals surface area (Å²) in [5, 5.41) is 8.09. The molecule has 0 bridgehead atoms. The van der Waals surface area contributed by atoms with Crippen LogP contribution in [0, 0.1) is 18.8 Å². The first-order chi connectivity index (χ1) is 13.0. The lowest BCUT2D eigenvalue weighted by molar-refractivity contribution is 0.0757. The number of hydrogen-bond donors (Lipinski definition) is 1. The molecule has 0 aliphatic carbocycles. The van der Waals surface area contributed by atoms with Crippen molar-refractivity contribution in [3.8, 4) is 5.69 Å². The van der Waals surface area contributed by atoms with Crippen molar-refractivity contribution >= 4 is 18.3 Å². The molecule has 5 nitrogen and oxygen atoms in total. The Bertz CT molecular complexity index is 800. The molecule has 1 aromatic carbocycles. The Morgan fingerprint density at radius 1 is 1.11 bits per heavy atom. The average molecular weight is 403 g/mol. The highest BCUT2D eigenvalue weighted by Crippen LogP contribution is 2.29. The molecule has 2 saturated heterocycles. The third kappa shape index (κ3) is 3.96. The first kappa shape index (κ1) is 20.9. The Morgan fingerprint density at radius 3 is 2.29 bits per heavy atom. The molecule has 2 fully saturated rings. The Hall–Kier alpha value is -1.85. The van der Waals surface area contributed by atoms with E-state index < -0.39 is 0 Å². The van der Waals surface area contributed by atoms with Gasteiger partial charge in [0.2, 0.25) is 0 Å². The zero-order valence-electron chi connectivity index (χ0n) is 17.0. The lowest BCUT2D eigenvalue weighted by Gasteiger charge is -2.22. The van der Waals surface area contributed by atoms with Crippen LogP contribution in [0.4, 0.5) is 0 Å². The van der Waals surface area contributed by atoms with E-state index in [1.54, 1.807) is 6.20 Å². The number of nitrogens with one attached hydrogen (secondary N) is 1. The standard InChI is InChI=1S/C22H30N4O.ClH/c1-15(2)21-20(14-24-26(21)19-6-4-16(3)5-7-19)22(27)25-10-8-17-12-23-13-18(17)9-11-25;/h4-7,14-15,17-18,23H,8-13H2,1-3H3;1H/t17-,18+;. The molecule has 4 rings (SSSR count). The van der Waals surface area contributed by atoms with Crippen molar-refractivity contribution in [3.63, 3.8) is 0 Å². The van der Waals surface area contributed by atoms with Crippen LogP contribution in [0.5, 0.6) is 0 Å². The number of aryl methyl sites for hydroxylation is 1. The van der Waals surface area contributed by atoms with Crippen LogP contribution < -0.4 is 5.32 Å². The van der Waals surface area contributed by atoms with E-state index >= 15 is 0 Å². The molecular weight excluding hydrogens is 372 g/mol. The highest BCUT2D eigenvalue weighted by molar-refractivity contribution is 5.95. The summed E-state index contributed by atoms with van der Waals surface area (Å²) in [6, 6.07) is 8.32. The van der Waals surface area contributed by atoms with Crippen LogP contribution >= 0.6 is 12.4 Å². The van der Waals surface area contributed by atoms with Gasteiger partial charge in [-0.3, -0.25) is 4.79 Å². The molecule has 2 aliphatic rings. The van der Waals surface area contributed by atoms with Crippen molar-refractivity contribution in [1.82, 2.24) is 20.0 Å². The molecule has 2 aliphatic heterocycles. The molecule has 28 heavy (non-hydrogen) atoms. The maximum absolute atomic E-state index is 13.4. The summed E-state index contributed by atoms with van der Waals surface area (Å²) in [5.41, 5.74) is 4.00. The maximum Gasteiger partial charge on any atom is 0.257 e. The minimum Gasteiger partial charge on any atom is -0.339 e. The van der Waals surface area contributed by atoms with Crippen molar-refractivity contribution in [1.29, 1.82) is 0 Å². The fraction of sp³-hybridized carbons (Fsp3) is 0.545. The second kappa shape index (κ2) is 8.66. The number of rotatable bonds is 3. The predicted molar refractivity (Wildman–Crippen MR) is 115 cm³/mol. The Balaban J connectivity index is 0.00000225. The number of halogens is 1. The van der Waals surface area contributed by atoms with E-state index in [-0.39, 0.29) is 24.2 Å². The highest BCUT2D eigenvalue weighted by Gasteiger charge is 2.33. The molecule has 3 heterocycles. The number of amides is 1. The van der Waals surface area contributed by atoms with Crippen LogP contribution in [0.25, 0.3) is 5.69 Å². The van der Waals surface area contributed by atoms with Crippen LogP contribution in [0.15, 0.2) is 30.5 Å². The molecule has 2 aromatic rings. The third-order valence-electron chi connectivity index (χ3n) is 6.17. The topological polar surface area (TPSA) is 50.2 Å². The van der Waals surface area contributed by atoms with Gasteiger partial charge in [0, 0.05) is 13.1 Å². The van der Waals surface area contributed by atoms with E-state index in [0.29, 0.717) is 0 Å². The van der Waals surface area contributed by atoms with E-state index in [2.05, 4.69) is 60.4 Å². The van der Waals surface area contributed by atoms with Crippen LogP contribution in [0.3, 0.4) is 0 Å². The number of likely N-dealkylation sites (tertiary alicyclic amines) is 1. The normalized spacial score (nSPS) is 21.9. The number of carbonyl (C=O) groups is 1. The van der Waals surface area contributed by atoms with Gasteiger partial charge in [-0.25, -0.2) is 4.68 Å². The molecule has 0 spiro atoms. The summed E-state index contributed by atoms with van der Waals surface area (Å²) in [4.78, 5) is 15.4.